The number of rotatable bonds is 49. The fourth-order valence-electron chi connectivity index (χ4n) is 7.68. The van der Waals surface area contributed by atoms with Crippen LogP contribution in [0.3, 0.4) is 0 Å². The van der Waals surface area contributed by atoms with E-state index in [4.69, 9.17) is 13.8 Å². The standard InChI is InChI=1S/C59H105N2O7P/c1-7-10-13-16-19-22-25-28-30-31-32-33-36-39-42-45-48-51-58(62)60-56(55-67-69(64,65)66-54-53-61(4,5)6)57(50-47-44-41-38-35-27-24-21-18-15-12-9-3)68-59(63)52-49-46-43-40-37-34-29-26-23-20-17-14-11-8-2/h10,13,16,19,22,25,28,30-33,36,47,50,56-57H,7-9,11-12,14-15,17-18,20-21,23-24,26-27,29,34-35,37-46,48-49,51-55H2,1-6H3,(H-,60,62,64,65)/p+1/b13-10-,19-16+,25-22+,30-28-,32-31+,36-33+,50-47+. The van der Waals surface area contributed by atoms with Crippen molar-refractivity contribution < 1.29 is 37.3 Å². The number of quaternary nitrogens is 1. The number of hydrogen-bond donors (Lipinski definition) is 2. The summed E-state index contributed by atoms with van der Waals surface area (Å²) in [5.41, 5.74) is 0. The SMILES string of the molecule is CC\C=C/C=C/C=C/C=C\C=C\C=C\CCCCCC(=O)NC(COP(=O)(O)OCC[N+](C)(C)C)C(/C=C/CCCCCCCCCCCC)OC(=O)CCCCCCCCCCCCCCCC. The second-order valence-electron chi connectivity index (χ2n) is 19.9. The minimum absolute atomic E-state index is 0.0282. The number of amides is 1. The summed E-state index contributed by atoms with van der Waals surface area (Å²) in [6.07, 6.45) is 62.9. The first-order chi connectivity index (χ1) is 33.4. The van der Waals surface area contributed by atoms with Gasteiger partial charge in [0.1, 0.15) is 19.3 Å². The largest absolute Gasteiger partial charge is 0.472 e. The number of nitrogens with one attached hydrogen (secondary N) is 1. The van der Waals surface area contributed by atoms with Crippen LogP contribution in [-0.4, -0.2) is 74.3 Å². The Labute approximate surface area is 425 Å². The maximum absolute atomic E-state index is 13.5. The zero-order valence-corrected chi connectivity index (χ0v) is 46.2. The number of unbranched alkanes of at least 4 members (excludes halogenated alkanes) is 26. The van der Waals surface area contributed by atoms with Gasteiger partial charge in [-0.3, -0.25) is 18.6 Å². The predicted molar refractivity (Wildman–Crippen MR) is 295 cm³/mol. The van der Waals surface area contributed by atoms with Gasteiger partial charge in [0.25, 0.3) is 0 Å². The van der Waals surface area contributed by atoms with Crippen molar-refractivity contribution in [1.29, 1.82) is 0 Å². The Kier molecular flexibility index (Phi) is 46.8. The van der Waals surface area contributed by atoms with Gasteiger partial charge >= 0.3 is 13.8 Å². The van der Waals surface area contributed by atoms with E-state index in [9.17, 15) is 19.0 Å². The van der Waals surface area contributed by atoms with E-state index >= 15 is 0 Å². The van der Waals surface area contributed by atoms with Gasteiger partial charge in [0.15, 0.2) is 0 Å². The van der Waals surface area contributed by atoms with Crippen molar-refractivity contribution in [2.24, 2.45) is 0 Å². The molecule has 3 atom stereocenters. The third kappa shape index (κ3) is 49.9. The lowest BCUT2D eigenvalue weighted by molar-refractivity contribution is -0.870. The van der Waals surface area contributed by atoms with Crippen LogP contribution < -0.4 is 5.32 Å². The van der Waals surface area contributed by atoms with Crippen molar-refractivity contribution in [1.82, 2.24) is 5.32 Å². The molecule has 0 saturated heterocycles. The van der Waals surface area contributed by atoms with Crippen LogP contribution in [0.25, 0.3) is 0 Å². The van der Waals surface area contributed by atoms with Crippen LogP contribution in [0, 0.1) is 0 Å². The monoisotopic (exact) mass is 986 g/mol. The van der Waals surface area contributed by atoms with Crippen LogP contribution in [0.5, 0.6) is 0 Å². The molecule has 0 radical (unpaired) electrons. The Hall–Kier alpha value is -2.81. The van der Waals surface area contributed by atoms with Crippen molar-refractivity contribution in [3.05, 3.63) is 85.1 Å². The first-order valence-electron chi connectivity index (χ1n) is 28.0. The molecule has 0 aliphatic rings. The summed E-state index contributed by atoms with van der Waals surface area (Å²) in [6, 6.07) is -0.872. The lowest BCUT2D eigenvalue weighted by atomic mass is 10.0. The van der Waals surface area contributed by atoms with Gasteiger partial charge in [-0.15, -0.1) is 0 Å². The lowest BCUT2D eigenvalue weighted by Crippen LogP contribution is -2.47. The maximum Gasteiger partial charge on any atom is 0.472 e. The first-order valence-corrected chi connectivity index (χ1v) is 29.5. The highest BCUT2D eigenvalue weighted by Crippen LogP contribution is 2.43. The molecule has 3 unspecified atom stereocenters. The normalized spacial score (nSPS) is 14.5. The second-order valence-corrected chi connectivity index (χ2v) is 21.3. The second kappa shape index (κ2) is 48.8. The average molecular weight is 986 g/mol. The van der Waals surface area contributed by atoms with Crippen molar-refractivity contribution in [2.75, 3.05) is 40.9 Å². The lowest BCUT2D eigenvalue weighted by Gasteiger charge is -2.27. The van der Waals surface area contributed by atoms with E-state index < -0.39 is 20.0 Å². The zero-order valence-electron chi connectivity index (χ0n) is 45.3. The molecule has 2 N–H and O–H groups in total. The molecule has 0 rings (SSSR count). The summed E-state index contributed by atoms with van der Waals surface area (Å²) in [4.78, 5) is 37.5. The maximum atomic E-state index is 13.5. The highest BCUT2D eigenvalue weighted by molar-refractivity contribution is 7.47. The number of nitrogens with zero attached hydrogens (tertiary/aromatic N) is 1. The number of phosphoric ester groups is 1. The van der Waals surface area contributed by atoms with E-state index in [1.165, 1.54) is 122 Å². The number of esters is 1. The molecule has 1 amide bonds. The zero-order chi connectivity index (χ0) is 50.8. The van der Waals surface area contributed by atoms with Gasteiger partial charge in [0.2, 0.25) is 5.91 Å². The summed E-state index contributed by atoms with van der Waals surface area (Å²) in [5.74, 6) is -0.557. The molecular formula is C59H106N2O7P+. The van der Waals surface area contributed by atoms with E-state index in [1.54, 1.807) is 0 Å². The van der Waals surface area contributed by atoms with Crippen molar-refractivity contribution in [3.8, 4) is 0 Å². The average Bonchev–Trinajstić information content (AvgIpc) is 3.31. The number of phosphoric acid groups is 1. The number of likely N-dealkylation sites (N-methyl/N-ethyl adjacent to an activating group) is 1. The number of ether oxygens (including phenoxy) is 1. The smallest absolute Gasteiger partial charge is 0.456 e. The highest BCUT2D eigenvalue weighted by Gasteiger charge is 2.30. The third-order valence-corrected chi connectivity index (χ3v) is 13.0. The van der Waals surface area contributed by atoms with Gasteiger partial charge in [-0.25, -0.2) is 4.57 Å². The first kappa shape index (κ1) is 66.2. The molecule has 0 bridgehead atoms. The van der Waals surface area contributed by atoms with Gasteiger partial charge in [-0.05, 0) is 51.0 Å². The van der Waals surface area contributed by atoms with E-state index in [0.29, 0.717) is 17.4 Å². The minimum atomic E-state index is -4.46. The summed E-state index contributed by atoms with van der Waals surface area (Å²) in [5, 5.41) is 3.02. The molecule has 0 aromatic rings. The number of hydrogen-bond acceptors (Lipinski definition) is 6. The Bertz CT molecular complexity index is 1460. The number of carbonyl (C=O) groups excluding carboxylic acids is 2. The Morgan fingerprint density at radius 3 is 1.41 bits per heavy atom. The molecule has 10 heteroatoms. The molecule has 0 aromatic carbocycles. The molecule has 0 saturated carbocycles. The highest BCUT2D eigenvalue weighted by atomic mass is 31.2. The van der Waals surface area contributed by atoms with Crippen molar-refractivity contribution in [2.45, 2.75) is 238 Å². The summed E-state index contributed by atoms with van der Waals surface area (Å²) >= 11 is 0. The molecule has 0 aliphatic carbocycles. The molecule has 0 heterocycles. The molecule has 398 valence electrons. The molecular weight excluding hydrogens is 880 g/mol. The molecule has 9 nitrogen and oxygen atoms in total. The van der Waals surface area contributed by atoms with E-state index in [0.717, 1.165) is 64.2 Å². The van der Waals surface area contributed by atoms with Crippen LogP contribution in [-0.2, 0) is 27.9 Å². The minimum Gasteiger partial charge on any atom is -0.456 e. The van der Waals surface area contributed by atoms with Crippen LogP contribution >= 0.6 is 7.82 Å². The quantitative estimate of drug-likeness (QED) is 0.0156. The fraction of sp³-hybridized carbons (Fsp3) is 0.729. The Morgan fingerprint density at radius 2 is 0.928 bits per heavy atom. The summed E-state index contributed by atoms with van der Waals surface area (Å²) < 4.78 is 30.5. The van der Waals surface area contributed by atoms with Crippen LogP contribution in [0.1, 0.15) is 226 Å². The van der Waals surface area contributed by atoms with Crippen LogP contribution in [0.4, 0.5) is 0 Å². The Morgan fingerprint density at radius 1 is 0.522 bits per heavy atom. The van der Waals surface area contributed by atoms with Gasteiger partial charge in [-0.1, -0.05) is 247 Å². The van der Waals surface area contributed by atoms with Gasteiger partial charge in [0.05, 0.1) is 33.8 Å². The topological polar surface area (TPSA) is 111 Å². The van der Waals surface area contributed by atoms with Crippen LogP contribution in [0.2, 0.25) is 0 Å². The van der Waals surface area contributed by atoms with E-state index in [1.807, 2.05) is 94.1 Å². The van der Waals surface area contributed by atoms with Gasteiger partial charge in [-0.2, -0.15) is 0 Å². The predicted octanol–water partition coefficient (Wildman–Crippen LogP) is 16.7. The number of allylic oxidation sites excluding steroid dienone is 13. The van der Waals surface area contributed by atoms with E-state index in [-0.39, 0.29) is 37.9 Å². The fourth-order valence-corrected chi connectivity index (χ4v) is 8.41. The molecule has 0 fully saturated rings. The molecule has 0 aromatic heterocycles. The van der Waals surface area contributed by atoms with Crippen LogP contribution in [0.15, 0.2) is 85.1 Å². The summed E-state index contributed by atoms with van der Waals surface area (Å²) in [6.45, 7) is 6.82. The molecule has 69 heavy (non-hydrogen) atoms. The molecule has 0 aliphatic heterocycles. The van der Waals surface area contributed by atoms with Gasteiger partial charge in [0, 0.05) is 12.8 Å². The Balaban J connectivity index is 5.47. The third-order valence-electron chi connectivity index (χ3n) is 12.0. The van der Waals surface area contributed by atoms with Crippen molar-refractivity contribution >= 4 is 19.7 Å². The van der Waals surface area contributed by atoms with E-state index in [2.05, 4.69) is 38.2 Å². The summed E-state index contributed by atoms with van der Waals surface area (Å²) in [7, 11) is 1.46. The van der Waals surface area contributed by atoms with Gasteiger partial charge < -0.3 is 19.4 Å². The van der Waals surface area contributed by atoms with Crippen molar-refractivity contribution in [3.63, 3.8) is 0 Å². The molecule has 0 spiro atoms. The number of carbonyl (C=O) groups is 2.